The van der Waals surface area contributed by atoms with Gasteiger partial charge in [-0.15, -0.1) is 0 Å². The highest BCUT2D eigenvalue weighted by Crippen LogP contribution is 2.27. The van der Waals surface area contributed by atoms with Crippen molar-refractivity contribution in [2.75, 3.05) is 26.2 Å². The monoisotopic (exact) mass is 391 g/mol. The Kier molecular flexibility index (Phi) is 5.77. The van der Waals surface area contributed by atoms with E-state index in [1.54, 1.807) is 23.1 Å². The Morgan fingerprint density at radius 1 is 1.15 bits per heavy atom. The summed E-state index contributed by atoms with van der Waals surface area (Å²) < 4.78 is 13.5. The highest BCUT2D eigenvalue weighted by molar-refractivity contribution is 6.43. The van der Waals surface area contributed by atoms with Crippen LogP contribution >= 0.6 is 23.2 Å². The summed E-state index contributed by atoms with van der Waals surface area (Å²) in [6.45, 7) is 2.79. The Morgan fingerprint density at radius 3 is 2.58 bits per heavy atom. The van der Waals surface area contributed by atoms with E-state index in [0.717, 1.165) is 0 Å². The van der Waals surface area contributed by atoms with Crippen LogP contribution in [0, 0.1) is 17.1 Å². The Labute approximate surface area is 161 Å². The minimum atomic E-state index is -0.358. The first kappa shape index (κ1) is 18.7. The Morgan fingerprint density at radius 2 is 1.88 bits per heavy atom. The fraction of sp³-hybridized carbons (Fsp3) is 0.263. The number of benzene rings is 2. The predicted molar refractivity (Wildman–Crippen MR) is 98.8 cm³/mol. The number of nitrogens with zero attached hydrogens (tertiary/aromatic N) is 3. The third-order valence-corrected chi connectivity index (χ3v) is 5.24. The maximum absolute atomic E-state index is 13.5. The van der Waals surface area contributed by atoms with Crippen LogP contribution in [0.15, 0.2) is 36.4 Å². The number of rotatable bonds is 3. The molecule has 0 spiro atoms. The van der Waals surface area contributed by atoms with Crippen molar-refractivity contribution < 1.29 is 9.18 Å². The number of piperazine rings is 1. The molecule has 2 aromatic carbocycles. The molecule has 0 atom stereocenters. The number of hydrogen-bond donors (Lipinski definition) is 0. The molecule has 3 rings (SSSR count). The summed E-state index contributed by atoms with van der Waals surface area (Å²) >= 11 is 12.1. The van der Waals surface area contributed by atoms with Gasteiger partial charge in [-0.25, -0.2) is 4.39 Å². The van der Waals surface area contributed by atoms with Crippen LogP contribution in [0.5, 0.6) is 0 Å². The van der Waals surface area contributed by atoms with Crippen molar-refractivity contribution in [3.05, 3.63) is 69.0 Å². The number of carbonyl (C=O) groups excluding carboxylic acids is 1. The first-order chi connectivity index (χ1) is 12.5. The van der Waals surface area contributed by atoms with Crippen molar-refractivity contribution in [3.63, 3.8) is 0 Å². The van der Waals surface area contributed by atoms with Crippen LogP contribution in [0.4, 0.5) is 4.39 Å². The topological polar surface area (TPSA) is 47.3 Å². The normalized spacial score (nSPS) is 14.9. The number of nitriles is 1. The third-order valence-electron chi connectivity index (χ3n) is 4.42. The van der Waals surface area contributed by atoms with E-state index in [1.807, 2.05) is 0 Å². The highest BCUT2D eigenvalue weighted by atomic mass is 35.5. The fourth-order valence-corrected chi connectivity index (χ4v) is 3.37. The lowest BCUT2D eigenvalue weighted by molar-refractivity contribution is 0.0628. The van der Waals surface area contributed by atoms with Crippen LogP contribution in [-0.2, 0) is 6.54 Å². The van der Waals surface area contributed by atoms with Crippen molar-refractivity contribution in [2.24, 2.45) is 0 Å². The van der Waals surface area contributed by atoms with E-state index >= 15 is 0 Å². The minimum absolute atomic E-state index is 0.152. The zero-order valence-corrected chi connectivity index (χ0v) is 15.4. The Bertz CT molecular complexity index is 874. The molecule has 0 bridgehead atoms. The molecule has 0 saturated carbocycles. The molecule has 0 N–H and O–H groups in total. The molecule has 2 aromatic rings. The first-order valence-corrected chi connectivity index (χ1v) is 8.89. The van der Waals surface area contributed by atoms with E-state index in [9.17, 15) is 9.18 Å². The molecule has 1 heterocycles. The van der Waals surface area contributed by atoms with Crippen LogP contribution in [0.25, 0.3) is 0 Å². The highest BCUT2D eigenvalue weighted by Gasteiger charge is 2.24. The zero-order chi connectivity index (χ0) is 18.7. The second-order valence-corrected chi connectivity index (χ2v) is 6.87. The molecule has 4 nitrogen and oxygen atoms in total. The molecule has 1 aliphatic heterocycles. The van der Waals surface area contributed by atoms with Crippen LogP contribution in [0.1, 0.15) is 21.5 Å². The van der Waals surface area contributed by atoms with Gasteiger partial charge in [0.1, 0.15) is 5.82 Å². The van der Waals surface area contributed by atoms with Gasteiger partial charge >= 0.3 is 0 Å². The summed E-state index contributed by atoms with van der Waals surface area (Å²) in [5.74, 6) is -0.510. The number of hydrogen-bond acceptors (Lipinski definition) is 3. The van der Waals surface area contributed by atoms with Crippen molar-refractivity contribution >= 4 is 29.1 Å². The third kappa shape index (κ3) is 3.99. The molecule has 7 heteroatoms. The number of halogens is 3. The largest absolute Gasteiger partial charge is 0.336 e. The molecular weight excluding hydrogens is 376 g/mol. The van der Waals surface area contributed by atoms with Gasteiger partial charge in [-0.1, -0.05) is 29.3 Å². The van der Waals surface area contributed by atoms with E-state index in [-0.39, 0.29) is 16.7 Å². The zero-order valence-electron chi connectivity index (χ0n) is 13.9. The molecule has 1 saturated heterocycles. The van der Waals surface area contributed by atoms with Gasteiger partial charge in [0.15, 0.2) is 0 Å². The first-order valence-electron chi connectivity index (χ1n) is 8.14. The smallest absolute Gasteiger partial charge is 0.255 e. The van der Waals surface area contributed by atoms with Gasteiger partial charge in [-0.3, -0.25) is 9.69 Å². The van der Waals surface area contributed by atoms with E-state index in [2.05, 4.69) is 11.0 Å². The lowest BCUT2D eigenvalue weighted by Crippen LogP contribution is -2.48. The van der Waals surface area contributed by atoms with Gasteiger partial charge in [-0.05, 0) is 35.9 Å². The van der Waals surface area contributed by atoms with Crippen molar-refractivity contribution in [1.29, 1.82) is 5.26 Å². The maximum Gasteiger partial charge on any atom is 0.255 e. The summed E-state index contributed by atoms with van der Waals surface area (Å²) in [4.78, 5) is 16.5. The van der Waals surface area contributed by atoms with E-state index < -0.39 is 0 Å². The summed E-state index contributed by atoms with van der Waals surface area (Å²) in [5.41, 5.74) is 1.52. The summed E-state index contributed by atoms with van der Waals surface area (Å²) in [6.07, 6.45) is 0. The predicted octanol–water partition coefficient (Wildman–Crippen LogP) is 3.96. The molecule has 134 valence electrons. The standard InChI is InChI=1S/C19H16Cl2FN3O/c20-17-3-1-2-16(18(17)21)19(26)25-8-6-24(7-9-25)12-14-10-15(22)5-4-13(14)11-23/h1-5,10H,6-9,12H2. The lowest BCUT2D eigenvalue weighted by Gasteiger charge is -2.35. The van der Waals surface area contributed by atoms with Crippen LogP contribution in [0.2, 0.25) is 10.0 Å². The SMILES string of the molecule is N#Cc1ccc(F)cc1CN1CCN(C(=O)c2cccc(Cl)c2Cl)CC1. The van der Waals surface area contributed by atoms with Crippen LogP contribution in [-0.4, -0.2) is 41.9 Å². The number of amides is 1. The average Bonchev–Trinajstić information content (AvgIpc) is 2.64. The molecule has 1 fully saturated rings. The van der Waals surface area contributed by atoms with E-state index in [1.165, 1.54) is 18.2 Å². The lowest BCUT2D eigenvalue weighted by atomic mass is 10.1. The van der Waals surface area contributed by atoms with Gasteiger partial charge in [-0.2, -0.15) is 5.26 Å². The van der Waals surface area contributed by atoms with Gasteiger partial charge in [0, 0.05) is 32.7 Å². The van der Waals surface area contributed by atoms with Crippen molar-refractivity contribution in [2.45, 2.75) is 6.54 Å². The van der Waals surface area contributed by atoms with Gasteiger partial charge in [0.05, 0.1) is 27.2 Å². The maximum atomic E-state index is 13.5. The molecule has 0 unspecified atom stereocenters. The summed E-state index contributed by atoms with van der Waals surface area (Å²) in [5, 5.41) is 9.78. The van der Waals surface area contributed by atoms with Crippen molar-refractivity contribution in [1.82, 2.24) is 9.80 Å². The fourth-order valence-electron chi connectivity index (χ4n) is 2.99. The minimum Gasteiger partial charge on any atom is -0.336 e. The molecule has 0 aromatic heterocycles. The Balaban J connectivity index is 1.65. The molecule has 26 heavy (non-hydrogen) atoms. The molecule has 1 aliphatic rings. The van der Waals surface area contributed by atoms with Crippen LogP contribution in [0.3, 0.4) is 0 Å². The van der Waals surface area contributed by atoms with Crippen molar-refractivity contribution in [3.8, 4) is 6.07 Å². The summed E-state index contributed by atoms with van der Waals surface area (Å²) in [7, 11) is 0. The Hall–Kier alpha value is -2.13. The number of carbonyl (C=O) groups is 1. The molecular formula is C19H16Cl2FN3O. The van der Waals surface area contributed by atoms with Crippen LogP contribution < -0.4 is 0 Å². The average molecular weight is 392 g/mol. The van der Waals surface area contributed by atoms with E-state index in [4.69, 9.17) is 28.5 Å². The van der Waals surface area contributed by atoms with E-state index in [0.29, 0.717) is 54.4 Å². The quantitative estimate of drug-likeness (QED) is 0.795. The van der Waals surface area contributed by atoms with Gasteiger partial charge < -0.3 is 4.90 Å². The second-order valence-electron chi connectivity index (χ2n) is 6.08. The second kappa shape index (κ2) is 8.05. The molecule has 0 aliphatic carbocycles. The molecule has 0 radical (unpaired) electrons. The molecule has 1 amide bonds. The summed E-state index contributed by atoms with van der Waals surface area (Å²) in [6, 6.07) is 11.3. The van der Waals surface area contributed by atoms with Gasteiger partial charge in [0.2, 0.25) is 0 Å². The van der Waals surface area contributed by atoms with Gasteiger partial charge in [0.25, 0.3) is 5.91 Å².